The Morgan fingerprint density at radius 2 is 2.05 bits per heavy atom. The minimum Gasteiger partial charge on any atom is -0.367 e. The van der Waals surface area contributed by atoms with Crippen molar-refractivity contribution in [3.63, 3.8) is 0 Å². The lowest BCUT2D eigenvalue weighted by molar-refractivity contribution is -0.127. The van der Waals surface area contributed by atoms with Crippen LogP contribution in [0.1, 0.15) is 25.4 Å². The number of hydrogen-bond donors (Lipinski definition) is 1. The van der Waals surface area contributed by atoms with Crippen LogP contribution in [0.4, 0.5) is 0 Å². The standard InChI is InChI=1S/C12H16N6O/c13-10(19)12(17-4-2-1-3-5-17)18-11-9(7-16-18)6-14-8-15-11/h6-8,12H,1-5H2,(H2,13,19). The Morgan fingerprint density at radius 3 is 2.79 bits per heavy atom. The number of likely N-dealkylation sites (tertiary alicyclic amines) is 1. The molecule has 0 bridgehead atoms. The number of carbonyl (C=O) groups is 1. The summed E-state index contributed by atoms with van der Waals surface area (Å²) in [6, 6.07) is 0. The van der Waals surface area contributed by atoms with E-state index in [0.717, 1.165) is 31.3 Å². The van der Waals surface area contributed by atoms with Crippen molar-refractivity contribution in [3.05, 3.63) is 18.7 Å². The molecule has 0 spiro atoms. The lowest BCUT2D eigenvalue weighted by Gasteiger charge is -2.32. The van der Waals surface area contributed by atoms with Crippen LogP contribution in [0.15, 0.2) is 18.7 Å². The second-order valence-corrected chi connectivity index (χ2v) is 4.76. The lowest BCUT2D eigenvalue weighted by Crippen LogP contribution is -2.44. The zero-order valence-corrected chi connectivity index (χ0v) is 10.6. The molecule has 7 nitrogen and oxygen atoms in total. The summed E-state index contributed by atoms with van der Waals surface area (Å²) in [6.45, 7) is 1.72. The van der Waals surface area contributed by atoms with E-state index in [1.165, 1.54) is 12.7 Å². The van der Waals surface area contributed by atoms with E-state index in [1.807, 2.05) is 0 Å². The molecule has 1 amide bonds. The van der Waals surface area contributed by atoms with Gasteiger partial charge in [0.2, 0.25) is 0 Å². The Hall–Kier alpha value is -2.02. The van der Waals surface area contributed by atoms with Gasteiger partial charge in [0.15, 0.2) is 11.8 Å². The fourth-order valence-corrected chi connectivity index (χ4v) is 2.59. The van der Waals surface area contributed by atoms with Crippen molar-refractivity contribution >= 4 is 16.9 Å². The quantitative estimate of drug-likeness (QED) is 0.857. The molecule has 0 aromatic carbocycles. The molecule has 1 atom stereocenters. The fourth-order valence-electron chi connectivity index (χ4n) is 2.59. The molecule has 3 rings (SSSR count). The molecular weight excluding hydrogens is 244 g/mol. The van der Waals surface area contributed by atoms with Crippen molar-refractivity contribution < 1.29 is 4.79 Å². The van der Waals surface area contributed by atoms with Crippen molar-refractivity contribution in [2.45, 2.75) is 25.4 Å². The van der Waals surface area contributed by atoms with Gasteiger partial charge >= 0.3 is 0 Å². The van der Waals surface area contributed by atoms with Gasteiger partial charge < -0.3 is 5.73 Å². The normalized spacial score (nSPS) is 18.5. The van der Waals surface area contributed by atoms with Crippen LogP contribution in [0, 0.1) is 0 Å². The molecule has 3 heterocycles. The van der Waals surface area contributed by atoms with Crippen LogP contribution >= 0.6 is 0 Å². The first-order valence-electron chi connectivity index (χ1n) is 6.44. The molecule has 2 aromatic heterocycles. The maximum absolute atomic E-state index is 11.8. The average molecular weight is 260 g/mol. The first kappa shape index (κ1) is 12.0. The third-order valence-electron chi connectivity index (χ3n) is 3.48. The Labute approximate surface area is 110 Å². The summed E-state index contributed by atoms with van der Waals surface area (Å²) in [5.74, 6) is -0.398. The Bertz CT molecular complexity index is 589. The third-order valence-corrected chi connectivity index (χ3v) is 3.48. The van der Waals surface area contributed by atoms with Crippen molar-refractivity contribution in [1.82, 2.24) is 24.6 Å². The Balaban J connectivity index is 2.01. The molecule has 1 unspecified atom stereocenters. The van der Waals surface area contributed by atoms with Crippen molar-refractivity contribution in [2.24, 2.45) is 5.73 Å². The number of amides is 1. The van der Waals surface area contributed by atoms with Crippen molar-refractivity contribution in [3.8, 4) is 0 Å². The van der Waals surface area contributed by atoms with Crippen molar-refractivity contribution in [1.29, 1.82) is 0 Å². The van der Waals surface area contributed by atoms with Crippen molar-refractivity contribution in [2.75, 3.05) is 13.1 Å². The number of rotatable bonds is 3. The molecular formula is C12H16N6O. The Morgan fingerprint density at radius 1 is 1.26 bits per heavy atom. The summed E-state index contributed by atoms with van der Waals surface area (Å²) in [5.41, 5.74) is 6.21. The van der Waals surface area contributed by atoms with Gasteiger partial charge in [-0.2, -0.15) is 5.10 Å². The van der Waals surface area contributed by atoms with E-state index < -0.39 is 12.1 Å². The first-order valence-corrected chi connectivity index (χ1v) is 6.44. The molecule has 0 aliphatic carbocycles. The van der Waals surface area contributed by atoms with Crippen LogP contribution in [0.5, 0.6) is 0 Å². The summed E-state index contributed by atoms with van der Waals surface area (Å²) >= 11 is 0. The van der Waals surface area contributed by atoms with Crippen LogP contribution in [-0.4, -0.2) is 43.6 Å². The molecule has 1 saturated heterocycles. The topological polar surface area (TPSA) is 89.9 Å². The summed E-state index contributed by atoms with van der Waals surface area (Å²) < 4.78 is 1.60. The largest absolute Gasteiger partial charge is 0.367 e. The predicted octanol–water partition coefficient (Wildman–Crippen LogP) is 0.296. The second kappa shape index (κ2) is 4.93. The molecule has 0 radical (unpaired) electrons. The molecule has 7 heteroatoms. The summed E-state index contributed by atoms with van der Waals surface area (Å²) in [5, 5.41) is 5.07. The smallest absolute Gasteiger partial charge is 0.257 e. The number of aromatic nitrogens is 4. The maximum Gasteiger partial charge on any atom is 0.257 e. The van der Waals surface area contributed by atoms with E-state index in [4.69, 9.17) is 5.73 Å². The number of nitrogens with two attached hydrogens (primary N) is 1. The SMILES string of the molecule is NC(=O)C(N1CCCCC1)n1ncc2cncnc21. The number of nitrogens with zero attached hydrogens (tertiary/aromatic N) is 5. The second-order valence-electron chi connectivity index (χ2n) is 4.76. The van der Waals surface area contributed by atoms with Gasteiger partial charge in [0.1, 0.15) is 6.33 Å². The van der Waals surface area contributed by atoms with Crippen LogP contribution in [-0.2, 0) is 4.79 Å². The van der Waals surface area contributed by atoms with E-state index in [2.05, 4.69) is 20.0 Å². The predicted molar refractivity (Wildman–Crippen MR) is 69.0 cm³/mol. The number of primary amides is 1. The Kier molecular flexibility index (Phi) is 3.12. The van der Waals surface area contributed by atoms with Crippen LogP contribution in [0.25, 0.3) is 11.0 Å². The highest BCUT2D eigenvalue weighted by molar-refractivity contribution is 5.81. The van der Waals surface area contributed by atoms with Gasteiger partial charge in [-0.05, 0) is 12.8 Å². The number of piperidine rings is 1. The minimum absolute atomic E-state index is 0.398. The number of hydrogen-bond acceptors (Lipinski definition) is 5. The summed E-state index contributed by atoms with van der Waals surface area (Å²) in [7, 11) is 0. The van der Waals surface area contributed by atoms with E-state index in [0.29, 0.717) is 5.65 Å². The lowest BCUT2D eigenvalue weighted by atomic mass is 10.1. The van der Waals surface area contributed by atoms with Gasteiger partial charge in [0.25, 0.3) is 5.91 Å². The van der Waals surface area contributed by atoms with Crippen LogP contribution < -0.4 is 5.73 Å². The molecule has 100 valence electrons. The van der Waals surface area contributed by atoms with E-state index in [9.17, 15) is 4.79 Å². The van der Waals surface area contributed by atoms with E-state index in [-0.39, 0.29) is 0 Å². The van der Waals surface area contributed by atoms with E-state index >= 15 is 0 Å². The highest BCUT2D eigenvalue weighted by Crippen LogP contribution is 2.22. The zero-order chi connectivity index (χ0) is 13.2. The highest BCUT2D eigenvalue weighted by atomic mass is 16.2. The molecule has 1 fully saturated rings. The van der Waals surface area contributed by atoms with Gasteiger partial charge in [-0.15, -0.1) is 0 Å². The maximum atomic E-state index is 11.8. The summed E-state index contributed by atoms with van der Waals surface area (Å²) in [4.78, 5) is 22.0. The molecule has 19 heavy (non-hydrogen) atoms. The van der Waals surface area contributed by atoms with Gasteiger partial charge in [0, 0.05) is 19.3 Å². The van der Waals surface area contributed by atoms with Gasteiger partial charge in [-0.1, -0.05) is 6.42 Å². The third kappa shape index (κ3) is 2.17. The minimum atomic E-state index is -0.562. The van der Waals surface area contributed by atoms with Gasteiger partial charge in [0.05, 0.1) is 11.6 Å². The highest BCUT2D eigenvalue weighted by Gasteiger charge is 2.29. The summed E-state index contributed by atoms with van der Waals surface area (Å²) in [6.07, 6.45) is 7.59. The first-order chi connectivity index (χ1) is 9.27. The average Bonchev–Trinajstić information content (AvgIpc) is 2.84. The molecule has 1 aliphatic heterocycles. The van der Waals surface area contributed by atoms with E-state index in [1.54, 1.807) is 17.1 Å². The molecule has 2 N–H and O–H groups in total. The molecule has 1 aliphatic rings. The van der Waals surface area contributed by atoms with Gasteiger partial charge in [-0.3, -0.25) is 9.69 Å². The fraction of sp³-hybridized carbons (Fsp3) is 0.500. The monoisotopic (exact) mass is 260 g/mol. The molecule has 0 saturated carbocycles. The van der Waals surface area contributed by atoms with Crippen LogP contribution in [0.2, 0.25) is 0 Å². The molecule has 2 aromatic rings. The zero-order valence-electron chi connectivity index (χ0n) is 10.6. The van der Waals surface area contributed by atoms with Crippen LogP contribution in [0.3, 0.4) is 0 Å². The number of fused-ring (bicyclic) bond motifs is 1. The van der Waals surface area contributed by atoms with Gasteiger partial charge in [-0.25, -0.2) is 14.6 Å². The number of carbonyl (C=O) groups excluding carboxylic acids is 1.